The van der Waals surface area contributed by atoms with Crippen molar-refractivity contribution in [1.29, 1.82) is 0 Å². The zero-order chi connectivity index (χ0) is 13.3. The van der Waals surface area contributed by atoms with E-state index in [4.69, 9.17) is 23.1 Å². The van der Waals surface area contributed by atoms with Gasteiger partial charge in [-0.05, 0) is 18.6 Å². The first-order valence-corrected chi connectivity index (χ1v) is 6.01. The van der Waals surface area contributed by atoms with Gasteiger partial charge in [-0.25, -0.2) is 0 Å². The Kier molecular flexibility index (Phi) is 3.43. The predicted molar refractivity (Wildman–Crippen MR) is 69.1 cm³/mol. The topological polar surface area (TPSA) is 89.4 Å². The van der Waals surface area contributed by atoms with Crippen molar-refractivity contribution in [2.45, 2.75) is 6.42 Å². The minimum Gasteiger partial charge on any atom is -0.398 e. The fourth-order valence-electron chi connectivity index (χ4n) is 2.10. The number of nitrogen functional groups attached to an aromatic ring is 1. The lowest BCUT2D eigenvalue weighted by atomic mass is 10.1. The number of carbonyl (C=O) groups is 2. The summed E-state index contributed by atoms with van der Waals surface area (Å²) < 4.78 is 0. The van der Waals surface area contributed by atoms with E-state index < -0.39 is 0 Å². The summed E-state index contributed by atoms with van der Waals surface area (Å²) in [4.78, 5) is 24.9. The molecule has 96 valence electrons. The molecule has 1 saturated heterocycles. The molecule has 1 heterocycles. The van der Waals surface area contributed by atoms with Gasteiger partial charge < -0.3 is 16.4 Å². The summed E-state index contributed by atoms with van der Waals surface area (Å²) in [7, 11) is 0. The van der Waals surface area contributed by atoms with E-state index in [9.17, 15) is 9.59 Å². The molecule has 0 saturated carbocycles. The molecule has 2 rings (SSSR count). The maximum absolute atomic E-state index is 12.3. The van der Waals surface area contributed by atoms with E-state index in [1.807, 2.05) is 0 Å². The Morgan fingerprint density at radius 1 is 1.39 bits per heavy atom. The number of hydrogen-bond acceptors (Lipinski definition) is 3. The quantitative estimate of drug-likeness (QED) is 0.779. The molecule has 1 aromatic rings. The van der Waals surface area contributed by atoms with E-state index in [0.29, 0.717) is 35.8 Å². The van der Waals surface area contributed by atoms with Crippen LogP contribution in [0.1, 0.15) is 16.8 Å². The van der Waals surface area contributed by atoms with Crippen LogP contribution < -0.4 is 11.5 Å². The Morgan fingerprint density at radius 2 is 2.11 bits per heavy atom. The van der Waals surface area contributed by atoms with Crippen LogP contribution in [0.5, 0.6) is 0 Å². The van der Waals surface area contributed by atoms with Gasteiger partial charge in [-0.1, -0.05) is 17.7 Å². The van der Waals surface area contributed by atoms with E-state index in [0.717, 1.165) is 0 Å². The molecular formula is C12H14ClN3O2. The van der Waals surface area contributed by atoms with Crippen LogP contribution in [0, 0.1) is 5.92 Å². The monoisotopic (exact) mass is 267 g/mol. The third-order valence-corrected chi connectivity index (χ3v) is 3.45. The molecule has 1 unspecified atom stereocenters. The van der Waals surface area contributed by atoms with Gasteiger partial charge >= 0.3 is 0 Å². The van der Waals surface area contributed by atoms with Crippen LogP contribution in [0.3, 0.4) is 0 Å². The lowest BCUT2D eigenvalue weighted by Gasteiger charge is -2.17. The molecule has 18 heavy (non-hydrogen) atoms. The van der Waals surface area contributed by atoms with Gasteiger partial charge in [-0.3, -0.25) is 9.59 Å². The highest BCUT2D eigenvalue weighted by atomic mass is 35.5. The van der Waals surface area contributed by atoms with Crippen molar-refractivity contribution in [2.75, 3.05) is 18.8 Å². The number of rotatable bonds is 2. The van der Waals surface area contributed by atoms with Crippen molar-refractivity contribution >= 4 is 29.1 Å². The zero-order valence-corrected chi connectivity index (χ0v) is 10.5. The number of primary amides is 1. The minimum absolute atomic E-state index is 0.248. The van der Waals surface area contributed by atoms with Crippen LogP contribution >= 0.6 is 11.6 Å². The molecule has 2 amide bonds. The van der Waals surface area contributed by atoms with Crippen LogP contribution in [-0.4, -0.2) is 29.8 Å². The molecule has 0 bridgehead atoms. The van der Waals surface area contributed by atoms with Gasteiger partial charge in [-0.15, -0.1) is 0 Å². The lowest BCUT2D eigenvalue weighted by Crippen LogP contribution is -2.32. The zero-order valence-electron chi connectivity index (χ0n) is 9.73. The van der Waals surface area contributed by atoms with Gasteiger partial charge in [0.15, 0.2) is 0 Å². The maximum atomic E-state index is 12.3. The number of nitrogens with zero attached hydrogens (tertiary/aromatic N) is 1. The number of nitrogens with two attached hydrogens (primary N) is 2. The van der Waals surface area contributed by atoms with Gasteiger partial charge in [0.25, 0.3) is 5.91 Å². The van der Waals surface area contributed by atoms with E-state index in [-0.39, 0.29) is 17.7 Å². The fourth-order valence-corrected chi connectivity index (χ4v) is 2.36. The second kappa shape index (κ2) is 4.86. The molecule has 1 atom stereocenters. The molecule has 0 radical (unpaired) electrons. The predicted octanol–water partition coefficient (Wildman–Crippen LogP) is 0.870. The Hall–Kier alpha value is -1.75. The molecule has 0 spiro atoms. The molecule has 1 fully saturated rings. The molecule has 1 aromatic carbocycles. The first kappa shape index (κ1) is 12.7. The highest BCUT2D eigenvalue weighted by Gasteiger charge is 2.31. The number of likely N-dealkylation sites (tertiary alicyclic amines) is 1. The number of benzene rings is 1. The summed E-state index contributed by atoms with van der Waals surface area (Å²) >= 11 is 5.98. The number of hydrogen-bond donors (Lipinski definition) is 2. The van der Waals surface area contributed by atoms with E-state index in [1.54, 1.807) is 23.1 Å². The van der Waals surface area contributed by atoms with Gasteiger partial charge in [0.1, 0.15) is 0 Å². The van der Waals surface area contributed by atoms with Crippen molar-refractivity contribution in [2.24, 2.45) is 11.7 Å². The highest BCUT2D eigenvalue weighted by molar-refractivity contribution is 6.34. The standard InChI is InChI=1S/C12H14ClN3O2/c13-8-2-1-3-9(14)10(8)12(18)16-5-4-7(6-16)11(15)17/h1-3,7H,4-6,14H2,(H2,15,17). The number of halogens is 1. The van der Waals surface area contributed by atoms with Crippen LogP contribution in [-0.2, 0) is 4.79 Å². The molecular weight excluding hydrogens is 254 g/mol. The summed E-state index contributed by atoms with van der Waals surface area (Å²) in [6.45, 7) is 0.829. The highest BCUT2D eigenvalue weighted by Crippen LogP contribution is 2.26. The first-order valence-electron chi connectivity index (χ1n) is 5.63. The third-order valence-electron chi connectivity index (χ3n) is 3.14. The van der Waals surface area contributed by atoms with Crippen molar-refractivity contribution in [3.8, 4) is 0 Å². The molecule has 1 aliphatic heterocycles. The van der Waals surface area contributed by atoms with Gasteiger partial charge in [0.05, 0.1) is 16.5 Å². The van der Waals surface area contributed by atoms with Crippen molar-refractivity contribution in [1.82, 2.24) is 4.90 Å². The molecule has 5 nitrogen and oxygen atoms in total. The summed E-state index contributed by atoms with van der Waals surface area (Å²) in [5, 5.41) is 0.322. The largest absolute Gasteiger partial charge is 0.398 e. The Labute approximate surface area is 110 Å². The molecule has 0 aromatic heterocycles. The average molecular weight is 268 g/mol. The number of amides is 2. The minimum atomic E-state index is -0.377. The second-order valence-electron chi connectivity index (χ2n) is 4.34. The maximum Gasteiger partial charge on any atom is 0.257 e. The summed E-state index contributed by atoms with van der Waals surface area (Å²) in [6.07, 6.45) is 0.589. The van der Waals surface area contributed by atoms with E-state index in [1.165, 1.54) is 0 Å². The van der Waals surface area contributed by atoms with Crippen LogP contribution in [0.4, 0.5) is 5.69 Å². The van der Waals surface area contributed by atoms with E-state index in [2.05, 4.69) is 0 Å². The number of anilines is 1. The Balaban J connectivity index is 2.21. The molecule has 0 aliphatic carbocycles. The fraction of sp³-hybridized carbons (Fsp3) is 0.333. The average Bonchev–Trinajstić information content (AvgIpc) is 2.77. The van der Waals surface area contributed by atoms with E-state index >= 15 is 0 Å². The summed E-state index contributed by atoms with van der Waals surface area (Å²) in [6, 6.07) is 4.93. The number of carbonyl (C=O) groups excluding carboxylic acids is 2. The van der Waals surface area contributed by atoms with Gasteiger partial charge in [0, 0.05) is 18.8 Å². The Bertz CT molecular complexity index is 484. The lowest BCUT2D eigenvalue weighted by molar-refractivity contribution is -0.121. The van der Waals surface area contributed by atoms with Gasteiger partial charge in [0.2, 0.25) is 5.91 Å². The van der Waals surface area contributed by atoms with Crippen LogP contribution in [0.2, 0.25) is 5.02 Å². The first-order chi connectivity index (χ1) is 8.50. The van der Waals surface area contributed by atoms with Crippen molar-refractivity contribution in [3.05, 3.63) is 28.8 Å². The van der Waals surface area contributed by atoms with Crippen molar-refractivity contribution < 1.29 is 9.59 Å². The molecule has 1 aliphatic rings. The Morgan fingerprint density at radius 3 is 2.67 bits per heavy atom. The third kappa shape index (κ3) is 2.26. The SMILES string of the molecule is NC(=O)C1CCN(C(=O)c2c(N)cccc2Cl)C1. The van der Waals surface area contributed by atoms with Crippen LogP contribution in [0.15, 0.2) is 18.2 Å². The summed E-state index contributed by atoms with van der Waals surface area (Å²) in [5.74, 6) is -0.906. The molecule has 6 heteroatoms. The smallest absolute Gasteiger partial charge is 0.257 e. The molecule has 4 N–H and O–H groups in total. The van der Waals surface area contributed by atoms with Crippen LogP contribution in [0.25, 0.3) is 0 Å². The van der Waals surface area contributed by atoms with Gasteiger partial charge in [-0.2, -0.15) is 0 Å². The summed E-state index contributed by atoms with van der Waals surface area (Å²) in [5.41, 5.74) is 11.6. The van der Waals surface area contributed by atoms with Crippen molar-refractivity contribution in [3.63, 3.8) is 0 Å². The second-order valence-corrected chi connectivity index (χ2v) is 4.75. The normalized spacial score (nSPS) is 18.9.